The summed E-state index contributed by atoms with van der Waals surface area (Å²) in [7, 11) is 0. The predicted molar refractivity (Wildman–Crippen MR) is 82.2 cm³/mol. The maximum Gasteiger partial charge on any atom is 0.262 e. The smallest absolute Gasteiger partial charge is 0.262 e. The van der Waals surface area contributed by atoms with Gasteiger partial charge in [0.15, 0.2) is 5.78 Å². The van der Waals surface area contributed by atoms with Gasteiger partial charge in [0.05, 0.1) is 16.9 Å². The Morgan fingerprint density at radius 2 is 2.14 bits per heavy atom. The summed E-state index contributed by atoms with van der Waals surface area (Å²) in [6, 6.07) is 4.62. The third kappa shape index (κ3) is 2.24. The fourth-order valence-corrected chi connectivity index (χ4v) is 2.92. The van der Waals surface area contributed by atoms with Crippen molar-refractivity contribution in [1.82, 2.24) is 9.55 Å². The van der Waals surface area contributed by atoms with Crippen molar-refractivity contribution in [2.75, 3.05) is 5.73 Å². The number of fused-ring (bicyclic) bond motifs is 1. The Labute approximate surface area is 122 Å². The number of nitrogen functional groups attached to an aromatic ring is 1. The number of allylic oxidation sites excluding steroid dienone is 1. The van der Waals surface area contributed by atoms with Gasteiger partial charge in [-0.15, -0.1) is 0 Å². The molecule has 1 aliphatic rings. The van der Waals surface area contributed by atoms with Crippen LogP contribution >= 0.6 is 0 Å². The molecule has 1 aliphatic carbocycles. The van der Waals surface area contributed by atoms with Gasteiger partial charge in [0.25, 0.3) is 5.56 Å². The molecule has 5 nitrogen and oxygen atoms in total. The largest absolute Gasteiger partial charge is 0.399 e. The Morgan fingerprint density at radius 1 is 1.38 bits per heavy atom. The molecular formula is C16H17N3O2. The van der Waals surface area contributed by atoms with Gasteiger partial charge in [-0.05, 0) is 38.0 Å². The Balaban J connectivity index is 2.21. The predicted octanol–water partition coefficient (Wildman–Crippen LogP) is 2.14. The molecule has 1 unspecified atom stereocenters. The molecule has 2 N–H and O–H groups in total. The average molecular weight is 283 g/mol. The molecule has 21 heavy (non-hydrogen) atoms. The van der Waals surface area contributed by atoms with E-state index in [2.05, 4.69) is 11.6 Å². The van der Waals surface area contributed by atoms with E-state index < -0.39 is 6.04 Å². The molecule has 5 heteroatoms. The highest BCUT2D eigenvalue weighted by Gasteiger charge is 2.28. The zero-order chi connectivity index (χ0) is 15.1. The van der Waals surface area contributed by atoms with Crippen molar-refractivity contribution in [2.24, 2.45) is 0 Å². The Morgan fingerprint density at radius 3 is 2.86 bits per heavy atom. The molecule has 1 aromatic carbocycles. The standard InChI is InChI=1S/C16H17N3O2/c1-9-3-6-14(15(20)7-9)19-10(2)18-13-5-4-11(17)8-12(13)16(19)21/h4-5,8,14H,1,3,6-7,17H2,2H3. The minimum atomic E-state index is -0.443. The number of hydrogen-bond donors (Lipinski definition) is 1. The van der Waals surface area contributed by atoms with Crippen LogP contribution < -0.4 is 11.3 Å². The first-order valence-electron chi connectivity index (χ1n) is 6.95. The van der Waals surface area contributed by atoms with Crippen molar-refractivity contribution in [1.29, 1.82) is 0 Å². The van der Waals surface area contributed by atoms with E-state index in [4.69, 9.17) is 5.73 Å². The molecule has 0 radical (unpaired) electrons. The quantitative estimate of drug-likeness (QED) is 0.642. The number of benzene rings is 1. The molecule has 1 heterocycles. The summed E-state index contributed by atoms with van der Waals surface area (Å²) in [5.41, 5.74) is 7.60. The highest BCUT2D eigenvalue weighted by Crippen LogP contribution is 2.28. The summed E-state index contributed by atoms with van der Waals surface area (Å²) in [5, 5.41) is 0.456. The van der Waals surface area contributed by atoms with Crippen molar-refractivity contribution in [2.45, 2.75) is 32.2 Å². The topological polar surface area (TPSA) is 78.0 Å². The van der Waals surface area contributed by atoms with Crippen LogP contribution in [0.1, 0.15) is 31.1 Å². The number of rotatable bonds is 1. The minimum absolute atomic E-state index is 0.0292. The van der Waals surface area contributed by atoms with Crippen molar-refractivity contribution >= 4 is 22.4 Å². The summed E-state index contributed by atoms with van der Waals surface area (Å²) in [6.07, 6.45) is 1.71. The minimum Gasteiger partial charge on any atom is -0.399 e. The van der Waals surface area contributed by atoms with Gasteiger partial charge in [0.1, 0.15) is 5.82 Å². The molecule has 3 rings (SSSR count). The van der Waals surface area contributed by atoms with Crippen LogP contribution in [0.25, 0.3) is 10.9 Å². The third-order valence-corrected chi connectivity index (χ3v) is 3.98. The molecule has 1 atom stereocenters. The number of anilines is 1. The Bertz CT molecular complexity index is 820. The summed E-state index contributed by atoms with van der Waals surface area (Å²) in [6.45, 7) is 5.62. The number of ketones is 1. The molecule has 0 saturated heterocycles. The van der Waals surface area contributed by atoms with Crippen LogP contribution in [0.4, 0.5) is 5.69 Å². The second kappa shape index (κ2) is 4.84. The molecule has 2 aromatic rings. The lowest BCUT2D eigenvalue weighted by molar-refractivity contribution is -0.122. The van der Waals surface area contributed by atoms with Crippen LogP contribution in [-0.4, -0.2) is 15.3 Å². The number of hydrogen-bond acceptors (Lipinski definition) is 4. The first-order valence-corrected chi connectivity index (χ1v) is 6.95. The molecule has 1 saturated carbocycles. The van der Waals surface area contributed by atoms with E-state index in [1.54, 1.807) is 25.1 Å². The van der Waals surface area contributed by atoms with E-state index in [-0.39, 0.29) is 11.3 Å². The van der Waals surface area contributed by atoms with E-state index in [9.17, 15) is 9.59 Å². The fraction of sp³-hybridized carbons (Fsp3) is 0.312. The lowest BCUT2D eigenvalue weighted by Gasteiger charge is -2.25. The molecule has 0 aliphatic heterocycles. The van der Waals surface area contributed by atoms with Gasteiger partial charge in [-0.3, -0.25) is 14.2 Å². The molecular weight excluding hydrogens is 266 g/mol. The van der Waals surface area contributed by atoms with Gasteiger partial charge in [-0.2, -0.15) is 0 Å². The zero-order valence-electron chi connectivity index (χ0n) is 11.9. The first-order chi connectivity index (χ1) is 9.97. The summed E-state index contributed by atoms with van der Waals surface area (Å²) in [4.78, 5) is 29.4. The number of nitrogens with zero attached hydrogens (tertiary/aromatic N) is 2. The third-order valence-electron chi connectivity index (χ3n) is 3.98. The average Bonchev–Trinajstić information content (AvgIpc) is 2.42. The Hall–Kier alpha value is -2.43. The second-order valence-corrected chi connectivity index (χ2v) is 5.56. The zero-order valence-corrected chi connectivity index (χ0v) is 11.9. The van der Waals surface area contributed by atoms with Crippen LogP contribution in [0.2, 0.25) is 0 Å². The van der Waals surface area contributed by atoms with Crippen LogP contribution in [0.3, 0.4) is 0 Å². The second-order valence-electron chi connectivity index (χ2n) is 5.56. The van der Waals surface area contributed by atoms with Crippen LogP contribution in [0.5, 0.6) is 0 Å². The van der Waals surface area contributed by atoms with E-state index in [1.165, 1.54) is 4.57 Å². The molecule has 108 valence electrons. The highest BCUT2D eigenvalue weighted by molar-refractivity contribution is 5.87. The van der Waals surface area contributed by atoms with E-state index >= 15 is 0 Å². The fourth-order valence-electron chi connectivity index (χ4n) is 2.92. The maximum absolute atomic E-state index is 12.7. The van der Waals surface area contributed by atoms with Crippen molar-refractivity contribution < 1.29 is 4.79 Å². The van der Waals surface area contributed by atoms with Gasteiger partial charge >= 0.3 is 0 Å². The summed E-state index contributed by atoms with van der Waals surface area (Å²) < 4.78 is 1.51. The van der Waals surface area contributed by atoms with E-state index in [0.29, 0.717) is 35.3 Å². The van der Waals surface area contributed by atoms with Gasteiger partial charge in [0.2, 0.25) is 0 Å². The number of nitrogens with two attached hydrogens (primary N) is 1. The summed E-state index contributed by atoms with van der Waals surface area (Å²) >= 11 is 0. The molecule has 1 fully saturated rings. The number of carbonyl (C=O) groups is 1. The van der Waals surface area contributed by atoms with Crippen LogP contribution in [-0.2, 0) is 4.79 Å². The van der Waals surface area contributed by atoms with Gasteiger partial charge in [-0.25, -0.2) is 4.98 Å². The van der Waals surface area contributed by atoms with Crippen molar-refractivity contribution in [3.05, 3.63) is 46.5 Å². The molecule has 0 bridgehead atoms. The number of aromatic nitrogens is 2. The number of aryl methyl sites for hydroxylation is 1. The van der Waals surface area contributed by atoms with Gasteiger partial charge < -0.3 is 5.73 Å². The van der Waals surface area contributed by atoms with Crippen molar-refractivity contribution in [3.63, 3.8) is 0 Å². The normalized spacial score (nSPS) is 19.2. The van der Waals surface area contributed by atoms with E-state index in [0.717, 1.165) is 12.0 Å². The van der Waals surface area contributed by atoms with Crippen LogP contribution in [0, 0.1) is 6.92 Å². The lowest BCUT2D eigenvalue weighted by atomic mass is 9.90. The van der Waals surface area contributed by atoms with E-state index in [1.807, 2.05) is 0 Å². The lowest BCUT2D eigenvalue weighted by Crippen LogP contribution is -2.34. The highest BCUT2D eigenvalue weighted by atomic mass is 16.1. The maximum atomic E-state index is 12.7. The molecule has 0 spiro atoms. The monoisotopic (exact) mass is 283 g/mol. The molecule has 1 aromatic heterocycles. The number of carbonyl (C=O) groups excluding carboxylic acids is 1. The SMILES string of the molecule is C=C1CCC(n2c(C)nc3ccc(N)cc3c2=O)C(=O)C1. The molecule has 0 amide bonds. The number of Topliss-reactive ketones (excluding diaryl/α,β-unsaturated/α-hetero) is 1. The van der Waals surface area contributed by atoms with Gasteiger partial charge in [-0.1, -0.05) is 12.2 Å². The Kier molecular flexibility index (Phi) is 3.12. The first kappa shape index (κ1) is 13.5. The van der Waals surface area contributed by atoms with Gasteiger partial charge in [0, 0.05) is 12.1 Å². The van der Waals surface area contributed by atoms with Crippen LogP contribution in [0.15, 0.2) is 35.1 Å². The summed E-state index contributed by atoms with van der Waals surface area (Å²) in [5.74, 6) is 0.588. The van der Waals surface area contributed by atoms with Crippen molar-refractivity contribution in [3.8, 4) is 0 Å².